The maximum Gasteiger partial charge on any atom is 0.226 e. The highest BCUT2D eigenvalue weighted by atomic mass is 16.5. The van der Waals surface area contributed by atoms with Crippen LogP contribution in [0.25, 0.3) is 11.1 Å². The van der Waals surface area contributed by atoms with Gasteiger partial charge in [-0.15, -0.1) is 0 Å². The molecule has 2 aliphatic rings. The molecule has 1 aromatic carbocycles. The molecule has 30 heavy (non-hydrogen) atoms. The summed E-state index contributed by atoms with van der Waals surface area (Å²) in [6, 6.07) is 12.4. The maximum atomic E-state index is 13.3. The fourth-order valence-corrected chi connectivity index (χ4v) is 4.47. The number of hydrogen-bond acceptors (Lipinski definition) is 4. The van der Waals surface area contributed by atoms with Gasteiger partial charge in [0.05, 0.1) is 5.41 Å². The number of nitrogens with zero attached hydrogens (tertiary/aromatic N) is 2. The first kappa shape index (κ1) is 20.5. The summed E-state index contributed by atoms with van der Waals surface area (Å²) in [6.45, 7) is 3.10. The Labute approximate surface area is 177 Å². The third-order valence-corrected chi connectivity index (χ3v) is 6.25. The zero-order valence-electron chi connectivity index (χ0n) is 17.3. The van der Waals surface area contributed by atoms with Gasteiger partial charge in [-0.05, 0) is 54.5 Å². The zero-order valence-corrected chi connectivity index (χ0v) is 17.3. The predicted molar refractivity (Wildman–Crippen MR) is 115 cm³/mol. The van der Waals surface area contributed by atoms with Crippen LogP contribution in [0.15, 0.2) is 48.8 Å². The van der Waals surface area contributed by atoms with Crippen LogP contribution in [-0.4, -0.2) is 54.5 Å². The molecule has 2 fully saturated rings. The van der Waals surface area contributed by atoms with Crippen molar-refractivity contribution in [2.75, 3.05) is 32.8 Å². The molecule has 0 radical (unpaired) electrons. The zero-order chi connectivity index (χ0) is 20.8. The average Bonchev–Trinajstić information content (AvgIpc) is 3.20. The third kappa shape index (κ3) is 4.70. The Morgan fingerprint density at radius 3 is 2.67 bits per heavy atom. The van der Waals surface area contributed by atoms with Crippen molar-refractivity contribution in [1.29, 1.82) is 0 Å². The van der Waals surface area contributed by atoms with Crippen LogP contribution < -0.4 is 5.32 Å². The Hall–Kier alpha value is -2.73. The number of amides is 2. The molecule has 4 rings (SSSR count). The third-order valence-electron chi connectivity index (χ3n) is 6.25. The summed E-state index contributed by atoms with van der Waals surface area (Å²) in [5.74, 6) is 0.268. The second-order valence-corrected chi connectivity index (χ2v) is 8.25. The molecule has 2 aromatic rings. The van der Waals surface area contributed by atoms with Gasteiger partial charge in [0, 0.05) is 51.7 Å². The number of hydrogen-bond donors (Lipinski definition) is 1. The fourth-order valence-electron chi connectivity index (χ4n) is 4.47. The first-order valence-electron chi connectivity index (χ1n) is 10.8. The number of pyridine rings is 1. The second kappa shape index (κ2) is 9.39. The van der Waals surface area contributed by atoms with Crippen LogP contribution in [0, 0.1) is 5.41 Å². The molecule has 1 N–H and O–H groups in total. The van der Waals surface area contributed by atoms with E-state index in [9.17, 15) is 9.59 Å². The smallest absolute Gasteiger partial charge is 0.226 e. The van der Waals surface area contributed by atoms with Gasteiger partial charge in [0.25, 0.3) is 0 Å². The summed E-state index contributed by atoms with van der Waals surface area (Å²) in [6.07, 6.45) is 7.23. The SMILES string of the molecule is O=C1CCCN1CCNC(=O)C1(Cc2cccc(-c3ccncc3)c2)CCOCC1. The molecule has 3 heterocycles. The van der Waals surface area contributed by atoms with E-state index >= 15 is 0 Å². The van der Waals surface area contributed by atoms with Crippen molar-refractivity contribution < 1.29 is 14.3 Å². The molecule has 0 saturated carbocycles. The first-order valence-corrected chi connectivity index (χ1v) is 10.8. The Morgan fingerprint density at radius 2 is 1.93 bits per heavy atom. The van der Waals surface area contributed by atoms with Crippen LogP contribution in [0.3, 0.4) is 0 Å². The lowest BCUT2D eigenvalue weighted by molar-refractivity contribution is -0.137. The summed E-state index contributed by atoms with van der Waals surface area (Å²) < 4.78 is 5.57. The molecular weight excluding hydrogens is 378 g/mol. The van der Waals surface area contributed by atoms with Crippen LogP contribution in [0.1, 0.15) is 31.2 Å². The van der Waals surface area contributed by atoms with Crippen LogP contribution in [0.2, 0.25) is 0 Å². The highest BCUT2D eigenvalue weighted by molar-refractivity contribution is 5.83. The summed E-state index contributed by atoms with van der Waals surface area (Å²) in [5, 5.41) is 3.11. The van der Waals surface area contributed by atoms with Crippen molar-refractivity contribution in [3.63, 3.8) is 0 Å². The number of rotatable bonds is 7. The monoisotopic (exact) mass is 407 g/mol. The molecule has 6 heteroatoms. The average molecular weight is 408 g/mol. The van der Waals surface area contributed by atoms with Crippen molar-refractivity contribution in [2.45, 2.75) is 32.1 Å². The molecule has 0 atom stereocenters. The Morgan fingerprint density at radius 1 is 1.13 bits per heavy atom. The van der Waals surface area contributed by atoms with Gasteiger partial charge >= 0.3 is 0 Å². The topological polar surface area (TPSA) is 71.5 Å². The largest absolute Gasteiger partial charge is 0.381 e. The molecule has 0 unspecified atom stereocenters. The minimum absolute atomic E-state index is 0.0757. The number of carbonyl (C=O) groups excluding carboxylic acids is 2. The van der Waals surface area contributed by atoms with Gasteiger partial charge in [0.2, 0.25) is 11.8 Å². The molecule has 0 bridgehead atoms. The van der Waals surface area contributed by atoms with E-state index in [2.05, 4.69) is 34.6 Å². The molecular formula is C24H29N3O3. The van der Waals surface area contributed by atoms with Gasteiger partial charge in [-0.3, -0.25) is 14.6 Å². The number of ether oxygens (including phenoxy) is 1. The Balaban J connectivity index is 1.45. The minimum Gasteiger partial charge on any atom is -0.381 e. The summed E-state index contributed by atoms with van der Waals surface area (Å²) in [4.78, 5) is 31.0. The molecule has 1 aromatic heterocycles. The van der Waals surface area contributed by atoms with Crippen LogP contribution >= 0.6 is 0 Å². The quantitative estimate of drug-likeness (QED) is 0.766. The van der Waals surface area contributed by atoms with Gasteiger partial charge < -0.3 is 15.0 Å². The lowest BCUT2D eigenvalue weighted by Gasteiger charge is -2.36. The van der Waals surface area contributed by atoms with Crippen LogP contribution in [-0.2, 0) is 20.7 Å². The highest BCUT2D eigenvalue weighted by Gasteiger charge is 2.40. The van der Waals surface area contributed by atoms with Gasteiger partial charge in [-0.1, -0.05) is 24.3 Å². The number of benzene rings is 1. The van der Waals surface area contributed by atoms with Crippen molar-refractivity contribution in [3.05, 3.63) is 54.4 Å². The predicted octanol–water partition coefficient (Wildman–Crippen LogP) is 2.83. The first-order chi connectivity index (χ1) is 14.7. The molecule has 2 aliphatic heterocycles. The molecule has 2 amide bonds. The molecule has 0 aliphatic carbocycles. The lowest BCUT2D eigenvalue weighted by Crippen LogP contribution is -2.48. The van der Waals surface area contributed by atoms with Gasteiger partial charge in [0.15, 0.2) is 0 Å². The van der Waals surface area contributed by atoms with E-state index in [-0.39, 0.29) is 11.8 Å². The van der Waals surface area contributed by atoms with E-state index in [1.54, 1.807) is 12.4 Å². The second-order valence-electron chi connectivity index (χ2n) is 8.25. The van der Waals surface area contributed by atoms with E-state index in [1.165, 1.54) is 0 Å². The number of nitrogens with one attached hydrogen (secondary N) is 1. The fraction of sp³-hybridized carbons (Fsp3) is 0.458. The number of aromatic nitrogens is 1. The highest BCUT2D eigenvalue weighted by Crippen LogP contribution is 2.35. The van der Waals surface area contributed by atoms with Crippen molar-refractivity contribution >= 4 is 11.8 Å². The molecule has 2 saturated heterocycles. The van der Waals surface area contributed by atoms with Crippen LogP contribution in [0.4, 0.5) is 0 Å². The summed E-state index contributed by atoms with van der Waals surface area (Å²) >= 11 is 0. The lowest BCUT2D eigenvalue weighted by atomic mass is 9.74. The summed E-state index contributed by atoms with van der Waals surface area (Å²) in [7, 11) is 0. The van der Waals surface area contributed by atoms with E-state index < -0.39 is 5.41 Å². The van der Waals surface area contributed by atoms with Crippen molar-refractivity contribution in [2.24, 2.45) is 5.41 Å². The Kier molecular flexibility index (Phi) is 6.43. The van der Waals surface area contributed by atoms with Crippen molar-refractivity contribution in [1.82, 2.24) is 15.2 Å². The Bertz CT molecular complexity index is 878. The summed E-state index contributed by atoms with van der Waals surface area (Å²) in [5.41, 5.74) is 2.93. The normalized spacial score (nSPS) is 18.4. The minimum atomic E-state index is -0.468. The van der Waals surface area contributed by atoms with Gasteiger partial charge in [0.1, 0.15) is 0 Å². The van der Waals surface area contributed by atoms with Gasteiger partial charge in [-0.25, -0.2) is 0 Å². The molecule has 0 spiro atoms. The number of likely N-dealkylation sites (tertiary alicyclic amines) is 1. The molecule has 158 valence electrons. The molecule has 6 nitrogen and oxygen atoms in total. The van der Waals surface area contributed by atoms with E-state index in [1.807, 2.05) is 17.0 Å². The van der Waals surface area contributed by atoms with Crippen molar-refractivity contribution in [3.8, 4) is 11.1 Å². The van der Waals surface area contributed by atoms with Crippen LogP contribution in [0.5, 0.6) is 0 Å². The van der Waals surface area contributed by atoms with E-state index in [4.69, 9.17) is 4.74 Å². The van der Waals surface area contributed by atoms with Gasteiger partial charge in [-0.2, -0.15) is 0 Å². The van der Waals surface area contributed by atoms with E-state index in [0.717, 1.165) is 29.7 Å². The number of carbonyl (C=O) groups is 2. The maximum absolute atomic E-state index is 13.3. The standard InChI is InChI=1S/C24H29N3O3/c28-22-5-2-13-27(22)14-12-26-23(29)24(8-15-30-16-9-24)18-19-3-1-4-21(17-19)20-6-10-25-11-7-20/h1,3-4,6-7,10-11,17H,2,5,8-9,12-16,18H2,(H,26,29). The van der Waals surface area contributed by atoms with E-state index in [0.29, 0.717) is 52.0 Å².